The number of carbonyl (C=O) groups is 4. The maximum absolute atomic E-state index is 13.3. The van der Waals surface area contributed by atoms with E-state index in [4.69, 9.17) is 4.74 Å². The Morgan fingerprint density at radius 3 is 2.32 bits per heavy atom. The average Bonchev–Trinajstić information content (AvgIpc) is 3.05. The summed E-state index contributed by atoms with van der Waals surface area (Å²) in [5.41, 5.74) is 1.58. The molecule has 8 heteroatoms. The number of benzene rings is 2. The maximum Gasteiger partial charge on any atom is 0.338 e. The van der Waals surface area contributed by atoms with Crippen LogP contribution in [0.5, 0.6) is 0 Å². The molecule has 31 heavy (non-hydrogen) atoms. The second-order valence-electron chi connectivity index (χ2n) is 7.44. The Kier molecular flexibility index (Phi) is 6.79. The summed E-state index contributed by atoms with van der Waals surface area (Å²) in [7, 11) is 1.55. The van der Waals surface area contributed by atoms with E-state index in [1.54, 1.807) is 31.3 Å². The van der Waals surface area contributed by atoms with Crippen molar-refractivity contribution in [3.05, 3.63) is 71.0 Å². The molecule has 1 aliphatic heterocycles. The SMILES string of the molecule is CC(OC(=O)c1ccc(CN2C(=O)CCC2=O)cc1)C(=O)N(C)Cc1cccc(F)c1. The zero-order valence-electron chi connectivity index (χ0n) is 17.3. The van der Waals surface area contributed by atoms with Crippen LogP contribution in [0.25, 0.3) is 0 Å². The predicted octanol–water partition coefficient (Wildman–Crippen LogP) is 2.68. The van der Waals surface area contributed by atoms with Gasteiger partial charge in [0.05, 0.1) is 12.1 Å². The van der Waals surface area contributed by atoms with Crippen molar-refractivity contribution in [3.63, 3.8) is 0 Å². The molecule has 2 aromatic carbocycles. The zero-order valence-corrected chi connectivity index (χ0v) is 17.3. The molecule has 3 amide bonds. The van der Waals surface area contributed by atoms with Gasteiger partial charge in [0.1, 0.15) is 5.82 Å². The van der Waals surface area contributed by atoms with Gasteiger partial charge in [-0.3, -0.25) is 19.3 Å². The Bertz CT molecular complexity index is 989. The monoisotopic (exact) mass is 426 g/mol. The Balaban J connectivity index is 1.55. The predicted molar refractivity (Wildman–Crippen MR) is 109 cm³/mol. The third-order valence-corrected chi connectivity index (χ3v) is 5.00. The fourth-order valence-electron chi connectivity index (χ4n) is 3.30. The van der Waals surface area contributed by atoms with Crippen molar-refractivity contribution >= 4 is 23.7 Å². The molecule has 0 bridgehead atoms. The molecule has 1 unspecified atom stereocenters. The van der Waals surface area contributed by atoms with Gasteiger partial charge < -0.3 is 9.64 Å². The first-order valence-corrected chi connectivity index (χ1v) is 9.87. The van der Waals surface area contributed by atoms with Crippen LogP contribution in [0.1, 0.15) is 41.3 Å². The van der Waals surface area contributed by atoms with Crippen LogP contribution in [0.3, 0.4) is 0 Å². The summed E-state index contributed by atoms with van der Waals surface area (Å²) in [6.45, 7) is 1.81. The number of likely N-dealkylation sites (N-methyl/N-ethyl adjacent to an activating group) is 1. The molecular formula is C23H23FN2O5. The number of amides is 3. The average molecular weight is 426 g/mol. The molecule has 0 spiro atoms. The van der Waals surface area contributed by atoms with Crippen LogP contribution in [-0.2, 0) is 32.2 Å². The van der Waals surface area contributed by atoms with Crippen molar-refractivity contribution in [2.24, 2.45) is 0 Å². The topological polar surface area (TPSA) is 84.0 Å². The first-order valence-electron chi connectivity index (χ1n) is 9.87. The highest BCUT2D eigenvalue weighted by molar-refractivity contribution is 6.01. The molecule has 0 saturated carbocycles. The second kappa shape index (κ2) is 9.51. The molecular weight excluding hydrogens is 403 g/mol. The third kappa shape index (κ3) is 5.53. The van der Waals surface area contributed by atoms with E-state index >= 15 is 0 Å². The quantitative estimate of drug-likeness (QED) is 0.502. The molecule has 0 N–H and O–H groups in total. The van der Waals surface area contributed by atoms with Gasteiger partial charge in [-0.15, -0.1) is 0 Å². The largest absolute Gasteiger partial charge is 0.449 e. The van der Waals surface area contributed by atoms with Gasteiger partial charge in [0.2, 0.25) is 11.8 Å². The van der Waals surface area contributed by atoms with Crippen molar-refractivity contribution < 1.29 is 28.3 Å². The number of hydrogen-bond donors (Lipinski definition) is 0. The van der Waals surface area contributed by atoms with E-state index in [2.05, 4.69) is 0 Å². The minimum absolute atomic E-state index is 0.159. The van der Waals surface area contributed by atoms with E-state index in [-0.39, 0.29) is 49.1 Å². The number of nitrogens with zero attached hydrogens (tertiary/aromatic N) is 2. The fourth-order valence-corrected chi connectivity index (χ4v) is 3.30. The first kappa shape index (κ1) is 22.1. The molecule has 7 nitrogen and oxygen atoms in total. The molecule has 0 aromatic heterocycles. The molecule has 0 radical (unpaired) electrons. The highest BCUT2D eigenvalue weighted by Gasteiger charge is 2.28. The van der Waals surface area contributed by atoms with E-state index in [1.807, 2.05) is 0 Å². The molecule has 0 aliphatic carbocycles. The maximum atomic E-state index is 13.3. The number of esters is 1. The summed E-state index contributed by atoms with van der Waals surface area (Å²) < 4.78 is 18.6. The van der Waals surface area contributed by atoms with Crippen molar-refractivity contribution in [2.75, 3.05) is 7.05 Å². The molecule has 1 aliphatic rings. The summed E-state index contributed by atoms with van der Waals surface area (Å²) in [6.07, 6.45) is -0.573. The normalized spacial score (nSPS) is 14.5. The van der Waals surface area contributed by atoms with Gasteiger partial charge >= 0.3 is 5.97 Å². The van der Waals surface area contributed by atoms with Gasteiger partial charge in [-0.05, 0) is 42.3 Å². The lowest BCUT2D eigenvalue weighted by Gasteiger charge is -2.21. The van der Waals surface area contributed by atoms with Crippen molar-refractivity contribution in [1.29, 1.82) is 0 Å². The van der Waals surface area contributed by atoms with Crippen LogP contribution in [0.15, 0.2) is 48.5 Å². The Morgan fingerprint density at radius 2 is 1.71 bits per heavy atom. The van der Waals surface area contributed by atoms with E-state index < -0.39 is 18.0 Å². The minimum Gasteiger partial charge on any atom is -0.449 e. The Labute approximate surface area is 179 Å². The summed E-state index contributed by atoms with van der Waals surface area (Å²) in [5.74, 6) is -1.88. The lowest BCUT2D eigenvalue weighted by Crippen LogP contribution is -2.37. The number of ether oxygens (including phenoxy) is 1. The number of halogens is 1. The van der Waals surface area contributed by atoms with Crippen LogP contribution >= 0.6 is 0 Å². The minimum atomic E-state index is -1.02. The fraction of sp³-hybridized carbons (Fsp3) is 0.304. The molecule has 2 aromatic rings. The van der Waals surface area contributed by atoms with Gasteiger partial charge in [0.15, 0.2) is 6.10 Å². The Morgan fingerprint density at radius 1 is 1.06 bits per heavy atom. The van der Waals surface area contributed by atoms with Crippen molar-refractivity contribution in [2.45, 2.75) is 39.0 Å². The lowest BCUT2D eigenvalue weighted by atomic mass is 10.1. The van der Waals surface area contributed by atoms with Gasteiger partial charge in [-0.25, -0.2) is 9.18 Å². The van der Waals surface area contributed by atoms with Crippen LogP contribution in [-0.4, -0.2) is 46.6 Å². The molecule has 1 fully saturated rings. The number of rotatable bonds is 7. The highest BCUT2D eigenvalue weighted by atomic mass is 19.1. The molecule has 3 rings (SSSR count). The smallest absolute Gasteiger partial charge is 0.338 e. The summed E-state index contributed by atoms with van der Waals surface area (Å²) >= 11 is 0. The second-order valence-corrected chi connectivity index (χ2v) is 7.44. The lowest BCUT2D eigenvalue weighted by molar-refractivity contribution is -0.139. The third-order valence-electron chi connectivity index (χ3n) is 5.00. The van der Waals surface area contributed by atoms with Crippen LogP contribution in [0, 0.1) is 5.82 Å². The molecule has 1 saturated heterocycles. The van der Waals surface area contributed by atoms with Gasteiger partial charge in [-0.2, -0.15) is 0 Å². The van der Waals surface area contributed by atoms with Gasteiger partial charge in [0, 0.05) is 26.4 Å². The van der Waals surface area contributed by atoms with E-state index in [0.717, 1.165) is 0 Å². The number of likely N-dealkylation sites (tertiary alicyclic amines) is 1. The Hall–Kier alpha value is -3.55. The van der Waals surface area contributed by atoms with Crippen LogP contribution < -0.4 is 0 Å². The molecule has 1 atom stereocenters. The number of carbonyl (C=O) groups excluding carboxylic acids is 4. The van der Waals surface area contributed by atoms with Crippen molar-refractivity contribution in [1.82, 2.24) is 9.80 Å². The summed E-state index contributed by atoms with van der Waals surface area (Å²) in [6, 6.07) is 12.2. The zero-order chi connectivity index (χ0) is 22.5. The molecule has 1 heterocycles. The standard InChI is InChI=1S/C23H23FN2O5/c1-15(22(29)25(2)13-17-4-3-5-19(24)12-17)31-23(30)18-8-6-16(7-9-18)14-26-20(27)10-11-21(26)28/h3-9,12,15H,10-11,13-14H2,1-2H3. The van der Waals surface area contributed by atoms with Crippen LogP contribution in [0.4, 0.5) is 4.39 Å². The summed E-state index contributed by atoms with van der Waals surface area (Å²) in [4.78, 5) is 50.9. The van der Waals surface area contributed by atoms with Crippen LogP contribution in [0.2, 0.25) is 0 Å². The summed E-state index contributed by atoms with van der Waals surface area (Å²) in [5, 5.41) is 0. The molecule has 162 valence electrons. The van der Waals surface area contributed by atoms with E-state index in [9.17, 15) is 23.6 Å². The van der Waals surface area contributed by atoms with E-state index in [0.29, 0.717) is 11.1 Å². The van der Waals surface area contributed by atoms with Crippen molar-refractivity contribution in [3.8, 4) is 0 Å². The highest BCUT2D eigenvalue weighted by Crippen LogP contribution is 2.17. The van der Waals surface area contributed by atoms with E-state index in [1.165, 1.54) is 41.0 Å². The number of hydrogen-bond acceptors (Lipinski definition) is 5. The number of imide groups is 1. The van der Waals surface area contributed by atoms with Gasteiger partial charge in [-0.1, -0.05) is 24.3 Å². The van der Waals surface area contributed by atoms with Gasteiger partial charge in [0.25, 0.3) is 5.91 Å². The first-order chi connectivity index (χ1) is 14.7.